The van der Waals surface area contributed by atoms with Crippen LogP contribution in [0, 0.1) is 5.82 Å². The van der Waals surface area contributed by atoms with Crippen molar-refractivity contribution in [2.75, 3.05) is 13.2 Å². The highest BCUT2D eigenvalue weighted by atomic mass is 19.1. The van der Waals surface area contributed by atoms with Crippen molar-refractivity contribution in [3.05, 3.63) is 65.5 Å². The Morgan fingerprint density at radius 1 is 1.00 bits per heavy atom. The summed E-state index contributed by atoms with van der Waals surface area (Å²) in [6.07, 6.45) is 0.932. The number of ketones is 1. The van der Waals surface area contributed by atoms with Gasteiger partial charge in [-0.1, -0.05) is 13.3 Å². The van der Waals surface area contributed by atoms with Crippen LogP contribution in [0.25, 0.3) is 0 Å². The molecule has 0 fully saturated rings. The Morgan fingerprint density at radius 2 is 1.62 bits per heavy atom. The minimum atomic E-state index is -1.05. The van der Waals surface area contributed by atoms with Crippen molar-refractivity contribution in [1.29, 1.82) is 0 Å². The van der Waals surface area contributed by atoms with Crippen LogP contribution < -0.4 is 10.1 Å². The van der Waals surface area contributed by atoms with Crippen LogP contribution in [0.4, 0.5) is 4.39 Å². The molecule has 0 heterocycles. The molecule has 154 valence electrons. The molecule has 2 aromatic rings. The number of nitrogens with one attached hydrogen (secondary N) is 1. The molecule has 0 saturated heterocycles. The number of esters is 1. The van der Waals surface area contributed by atoms with Crippen molar-refractivity contribution in [3.63, 3.8) is 0 Å². The fraction of sp³-hybridized carbons (Fsp3) is 0.318. The predicted octanol–water partition coefficient (Wildman–Crippen LogP) is 3.55. The summed E-state index contributed by atoms with van der Waals surface area (Å²) in [6.45, 7) is 3.72. The smallest absolute Gasteiger partial charge is 0.326 e. The Kier molecular flexibility index (Phi) is 8.33. The van der Waals surface area contributed by atoms with E-state index in [4.69, 9.17) is 9.47 Å². The van der Waals surface area contributed by atoms with E-state index in [1.165, 1.54) is 19.1 Å². The number of ether oxygens (including phenoxy) is 2. The Hall–Kier alpha value is -3.22. The van der Waals surface area contributed by atoms with Gasteiger partial charge < -0.3 is 14.8 Å². The second kappa shape index (κ2) is 10.9. The van der Waals surface area contributed by atoms with Crippen LogP contribution >= 0.6 is 0 Å². The van der Waals surface area contributed by atoms with Gasteiger partial charge >= 0.3 is 5.97 Å². The van der Waals surface area contributed by atoms with Crippen LogP contribution in [0.2, 0.25) is 0 Å². The fourth-order valence-electron chi connectivity index (χ4n) is 2.43. The van der Waals surface area contributed by atoms with E-state index in [9.17, 15) is 18.8 Å². The van der Waals surface area contributed by atoms with Crippen LogP contribution in [-0.2, 0) is 9.53 Å². The van der Waals surface area contributed by atoms with Crippen molar-refractivity contribution in [2.45, 2.75) is 32.8 Å². The van der Waals surface area contributed by atoms with Gasteiger partial charge in [-0.2, -0.15) is 0 Å². The number of unbranched alkanes of at least 4 members (excludes halogenated alkanes) is 1. The Morgan fingerprint density at radius 3 is 2.24 bits per heavy atom. The lowest BCUT2D eigenvalue weighted by atomic mass is 10.1. The number of carbonyl (C=O) groups is 3. The first-order valence-corrected chi connectivity index (χ1v) is 9.41. The van der Waals surface area contributed by atoms with Crippen molar-refractivity contribution in [2.24, 2.45) is 0 Å². The van der Waals surface area contributed by atoms with Gasteiger partial charge in [-0.05, 0) is 61.9 Å². The van der Waals surface area contributed by atoms with E-state index in [-0.39, 0.29) is 12.1 Å². The molecule has 0 unspecified atom stereocenters. The predicted molar refractivity (Wildman–Crippen MR) is 105 cm³/mol. The van der Waals surface area contributed by atoms with Crippen molar-refractivity contribution >= 4 is 17.7 Å². The maximum atomic E-state index is 12.9. The fourth-order valence-corrected chi connectivity index (χ4v) is 2.43. The first kappa shape index (κ1) is 22.1. The Labute approximate surface area is 169 Å². The molecule has 6 nitrogen and oxygen atoms in total. The number of hydrogen-bond donors (Lipinski definition) is 1. The molecule has 0 radical (unpaired) electrons. The summed E-state index contributed by atoms with van der Waals surface area (Å²) in [5, 5.41) is 2.45. The standard InChI is InChI=1S/C22H24FNO5/c1-3-4-13-28-19-11-7-17(8-12-19)22(27)24-14-20(25)29-15(2)21(26)16-5-9-18(23)10-6-16/h5-12,15H,3-4,13-14H2,1-2H3,(H,24,27)/t15-/m1/s1. The molecule has 0 bridgehead atoms. The lowest BCUT2D eigenvalue weighted by molar-refractivity contribution is -0.145. The Bertz CT molecular complexity index is 833. The first-order valence-electron chi connectivity index (χ1n) is 9.41. The largest absolute Gasteiger partial charge is 0.494 e. The highest BCUT2D eigenvalue weighted by molar-refractivity contribution is 6.00. The van der Waals surface area contributed by atoms with E-state index in [1.54, 1.807) is 24.3 Å². The molecule has 2 rings (SSSR count). The number of rotatable bonds is 10. The topological polar surface area (TPSA) is 81.7 Å². The zero-order chi connectivity index (χ0) is 21.2. The lowest BCUT2D eigenvalue weighted by Gasteiger charge is -2.13. The van der Waals surface area contributed by atoms with Crippen molar-refractivity contribution in [3.8, 4) is 5.75 Å². The SMILES string of the molecule is CCCCOc1ccc(C(=O)NCC(=O)O[C@H](C)C(=O)c2ccc(F)cc2)cc1. The van der Waals surface area contributed by atoms with Gasteiger partial charge in [0.05, 0.1) is 6.61 Å². The van der Waals surface area contributed by atoms with E-state index in [0.29, 0.717) is 17.9 Å². The van der Waals surface area contributed by atoms with Crippen LogP contribution in [0.3, 0.4) is 0 Å². The third kappa shape index (κ3) is 7.03. The van der Waals surface area contributed by atoms with Crippen LogP contribution in [0.15, 0.2) is 48.5 Å². The summed E-state index contributed by atoms with van der Waals surface area (Å²) in [5.74, 6) is -1.44. The molecule has 0 aromatic heterocycles. The maximum Gasteiger partial charge on any atom is 0.326 e. The molecule has 29 heavy (non-hydrogen) atoms. The van der Waals surface area contributed by atoms with Crippen LogP contribution in [-0.4, -0.2) is 36.9 Å². The zero-order valence-corrected chi connectivity index (χ0v) is 16.4. The van der Waals surface area contributed by atoms with E-state index < -0.39 is 29.6 Å². The highest BCUT2D eigenvalue weighted by Gasteiger charge is 2.20. The van der Waals surface area contributed by atoms with E-state index in [1.807, 2.05) is 0 Å². The molecule has 1 atom stereocenters. The number of Topliss-reactive ketones (excluding diaryl/α,β-unsaturated/α-hetero) is 1. The van der Waals surface area contributed by atoms with Crippen molar-refractivity contribution < 1.29 is 28.2 Å². The zero-order valence-electron chi connectivity index (χ0n) is 16.4. The number of halogens is 1. The minimum absolute atomic E-state index is 0.233. The molecular weight excluding hydrogens is 377 g/mol. The van der Waals surface area contributed by atoms with Gasteiger partial charge in [0.15, 0.2) is 6.10 Å². The minimum Gasteiger partial charge on any atom is -0.494 e. The van der Waals surface area contributed by atoms with Crippen LogP contribution in [0.5, 0.6) is 5.75 Å². The molecule has 0 spiro atoms. The molecular formula is C22H24FNO5. The van der Waals surface area contributed by atoms with E-state index >= 15 is 0 Å². The molecule has 7 heteroatoms. The second-order valence-electron chi connectivity index (χ2n) is 6.41. The van der Waals surface area contributed by atoms with Crippen LogP contribution in [0.1, 0.15) is 47.4 Å². The molecule has 0 saturated carbocycles. The summed E-state index contributed by atoms with van der Waals surface area (Å²) in [5.41, 5.74) is 0.605. The number of carbonyl (C=O) groups excluding carboxylic acids is 3. The Balaban J connectivity index is 1.79. The van der Waals surface area contributed by atoms with E-state index in [2.05, 4.69) is 12.2 Å². The summed E-state index contributed by atoms with van der Waals surface area (Å²) < 4.78 is 23.5. The molecule has 0 aliphatic carbocycles. The second-order valence-corrected chi connectivity index (χ2v) is 6.41. The third-order valence-electron chi connectivity index (χ3n) is 4.08. The lowest BCUT2D eigenvalue weighted by Crippen LogP contribution is -2.34. The molecule has 0 aliphatic rings. The summed E-state index contributed by atoms with van der Waals surface area (Å²) in [4.78, 5) is 36.2. The van der Waals surface area contributed by atoms with Gasteiger partial charge in [0.2, 0.25) is 5.78 Å². The van der Waals surface area contributed by atoms with Gasteiger partial charge in [0.25, 0.3) is 5.91 Å². The monoisotopic (exact) mass is 401 g/mol. The number of amides is 1. The number of hydrogen-bond acceptors (Lipinski definition) is 5. The average molecular weight is 401 g/mol. The normalized spacial score (nSPS) is 11.4. The molecule has 2 aromatic carbocycles. The van der Waals surface area contributed by atoms with E-state index in [0.717, 1.165) is 25.0 Å². The van der Waals surface area contributed by atoms with Gasteiger partial charge in [0.1, 0.15) is 18.1 Å². The molecule has 1 amide bonds. The van der Waals surface area contributed by atoms with Gasteiger partial charge in [-0.25, -0.2) is 4.39 Å². The van der Waals surface area contributed by atoms with Crippen molar-refractivity contribution in [1.82, 2.24) is 5.32 Å². The number of benzene rings is 2. The summed E-state index contributed by atoms with van der Waals surface area (Å²) >= 11 is 0. The van der Waals surface area contributed by atoms with Gasteiger partial charge in [0, 0.05) is 11.1 Å². The molecule has 0 aliphatic heterocycles. The summed E-state index contributed by atoms with van der Waals surface area (Å²) in [6, 6.07) is 11.5. The third-order valence-corrected chi connectivity index (χ3v) is 4.08. The average Bonchev–Trinajstić information content (AvgIpc) is 2.72. The van der Waals surface area contributed by atoms with Gasteiger partial charge in [-0.3, -0.25) is 14.4 Å². The highest BCUT2D eigenvalue weighted by Crippen LogP contribution is 2.13. The summed E-state index contributed by atoms with van der Waals surface area (Å²) in [7, 11) is 0. The maximum absolute atomic E-state index is 12.9. The first-order chi connectivity index (χ1) is 13.9. The van der Waals surface area contributed by atoms with Gasteiger partial charge in [-0.15, -0.1) is 0 Å². The molecule has 1 N–H and O–H groups in total. The quantitative estimate of drug-likeness (QED) is 0.374.